The molecule has 0 spiro atoms. The number of hydrogen-bond donors (Lipinski definition) is 2. The molecule has 4 aliphatic rings. The molecule has 0 saturated carbocycles. The summed E-state index contributed by atoms with van der Waals surface area (Å²) in [7, 11) is 4.03. The molecule has 2 N–H and O–H groups in total. The van der Waals surface area contributed by atoms with Crippen LogP contribution < -0.4 is 5.32 Å². The Balaban J connectivity index is 1.26. The molecule has 0 atom stereocenters. The third kappa shape index (κ3) is 7.95. The number of likely N-dealkylation sites (tertiary alicyclic amines) is 1. The number of aromatic nitrogens is 1. The standard InChI is InChI=1S/C48H41N5O7/c1-58-46(55)32-13-7-29(8-14-32)43(36-20-22-38(50-36)45(40-24-26-42(54)52-40)31-11-17-34(18-12-31)48(57)60-3)35-19-21-37(49-35)44(30-9-15-33(16-10-30)47(56)59-2)39-23-25-41(51-39)53-27-5-4-6-28-53/h7-26,49H,4-6,27-28H2,1-3H3,(H,52,54)/b43-36-,44-39+,45-40+. The van der Waals surface area contributed by atoms with E-state index in [2.05, 4.69) is 21.3 Å². The van der Waals surface area contributed by atoms with Crippen LogP contribution in [-0.2, 0) is 19.0 Å². The Morgan fingerprint density at radius 2 is 0.967 bits per heavy atom. The quantitative estimate of drug-likeness (QED) is 0.131. The van der Waals surface area contributed by atoms with Crippen molar-refractivity contribution in [3.63, 3.8) is 0 Å². The zero-order valence-electron chi connectivity index (χ0n) is 33.3. The Kier molecular flexibility index (Phi) is 11.2. The molecule has 8 rings (SSSR count). The monoisotopic (exact) mass is 799 g/mol. The first-order valence-corrected chi connectivity index (χ1v) is 19.5. The lowest BCUT2D eigenvalue weighted by atomic mass is 9.97. The van der Waals surface area contributed by atoms with E-state index < -0.39 is 17.9 Å². The lowest BCUT2D eigenvalue weighted by Crippen LogP contribution is -2.33. The number of allylic oxidation sites excluding steroid dienone is 5. The molecular weight excluding hydrogens is 759 g/mol. The lowest BCUT2D eigenvalue weighted by Gasteiger charge is -2.27. The molecular formula is C48H41N5O7. The third-order valence-corrected chi connectivity index (χ3v) is 10.7. The number of piperidine rings is 1. The number of carbonyl (C=O) groups excluding carboxylic acids is 4. The molecule has 300 valence electrons. The van der Waals surface area contributed by atoms with Crippen LogP contribution in [0.5, 0.6) is 0 Å². The van der Waals surface area contributed by atoms with Crippen molar-refractivity contribution in [3.05, 3.63) is 183 Å². The highest BCUT2D eigenvalue weighted by molar-refractivity contribution is 6.32. The smallest absolute Gasteiger partial charge is 0.337 e. The van der Waals surface area contributed by atoms with Gasteiger partial charge in [-0.1, -0.05) is 36.4 Å². The number of aromatic amines is 1. The highest BCUT2D eigenvalue weighted by Gasteiger charge is 2.25. The second-order valence-electron chi connectivity index (χ2n) is 14.3. The molecule has 1 saturated heterocycles. The van der Waals surface area contributed by atoms with Gasteiger partial charge in [0.05, 0.1) is 60.8 Å². The number of benzene rings is 3. The van der Waals surface area contributed by atoms with Crippen LogP contribution in [0.1, 0.15) is 78.4 Å². The summed E-state index contributed by atoms with van der Waals surface area (Å²) in [5.41, 5.74) is 9.84. The van der Waals surface area contributed by atoms with Crippen molar-refractivity contribution in [1.29, 1.82) is 0 Å². The Morgan fingerprint density at radius 1 is 0.517 bits per heavy atom. The number of ether oxygens (including phenoxy) is 3. The van der Waals surface area contributed by atoms with Crippen LogP contribution in [0.15, 0.2) is 148 Å². The van der Waals surface area contributed by atoms with Crippen LogP contribution >= 0.6 is 0 Å². The summed E-state index contributed by atoms with van der Waals surface area (Å²) >= 11 is 0. The minimum Gasteiger partial charge on any atom is -0.465 e. The molecule has 0 unspecified atom stereocenters. The maximum atomic E-state index is 12.4. The summed E-state index contributed by atoms with van der Waals surface area (Å²) in [5.74, 6) is -0.678. The van der Waals surface area contributed by atoms with E-state index in [0.717, 1.165) is 76.7 Å². The molecule has 1 aromatic heterocycles. The average molecular weight is 800 g/mol. The topological polar surface area (TPSA) is 152 Å². The second kappa shape index (κ2) is 17.1. The SMILES string of the molecule is COC(=O)c1ccc(/C(=C2\C=CC(C(=C3\C=CC(=O)N3)/c3ccc(C(=O)OC)cc3)=N2)c2ccc(/C(=C3\C=CC(N4CCCCC4)=N3)c3ccc(C(=O)OC)cc3)[nH]2)cc1. The van der Waals surface area contributed by atoms with Gasteiger partial charge in [-0.05, 0) is 115 Å². The van der Waals surface area contributed by atoms with Crippen LogP contribution in [0.3, 0.4) is 0 Å². The van der Waals surface area contributed by atoms with Gasteiger partial charge < -0.3 is 29.4 Å². The number of esters is 3. The summed E-state index contributed by atoms with van der Waals surface area (Å²) in [4.78, 5) is 65.7. The van der Waals surface area contributed by atoms with Crippen molar-refractivity contribution in [2.45, 2.75) is 19.3 Å². The summed E-state index contributed by atoms with van der Waals surface area (Å²) < 4.78 is 14.8. The van der Waals surface area contributed by atoms with Crippen LogP contribution in [0.4, 0.5) is 0 Å². The zero-order chi connectivity index (χ0) is 41.8. The van der Waals surface area contributed by atoms with Gasteiger partial charge in [0, 0.05) is 47.3 Å². The van der Waals surface area contributed by atoms with Gasteiger partial charge >= 0.3 is 17.9 Å². The maximum absolute atomic E-state index is 12.4. The van der Waals surface area contributed by atoms with Crippen molar-refractivity contribution in [2.75, 3.05) is 34.4 Å². The summed E-state index contributed by atoms with van der Waals surface area (Å²) in [5, 5.41) is 2.91. The van der Waals surface area contributed by atoms with Crippen LogP contribution in [0.25, 0.3) is 16.7 Å². The van der Waals surface area contributed by atoms with E-state index in [4.69, 9.17) is 24.2 Å². The number of amidine groups is 1. The molecule has 1 amide bonds. The zero-order valence-corrected chi connectivity index (χ0v) is 33.3. The van der Waals surface area contributed by atoms with Crippen LogP contribution in [-0.4, -0.2) is 79.7 Å². The van der Waals surface area contributed by atoms with E-state index in [1.807, 2.05) is 54.6 Å². The largest absolute Gasteiger partial charge is 0.465 e. The number of carbonyl (C=O) groups is 4. The first kappa shape index (κ1) is 39.2. The molecule has 0 bridgehead atoms. The fourth-order valence-electron chi connectivity index (χ4n) is 7.63. The molecule has 0 radical (unpaired) electrons. The minimum absolute atomic E-state index is 0.258. The number of amides is 1. The number of methoxy groups -OCH3 is 3. The lowest BCUT2D eigenvalue weighted by molar-refractivity contribution is -0.115. The van der Waals surface area contributed by atoms with E-state index in [-0.39, 0.29) is 5.91 Å². The van der Waals surface area contributed by atoms with E-state index in [0.29, 0.717) is 39.4 Å². The number of aliphatic imine (C=N–C) groups is 2. The molecule has 4 aromatic rings. The van der Waals surface area contributed by atoms with Crippen molar-refractivity contribution < 1.29 is 33.4 Å². The van der Waals surface area contributed by atoms with Gasteiger partial charge in [0.2, 0.25) is 5.91 Å². The first-order chi connectivity index (χ1) is 29.2. The minimum atomic E-state index is -0.462. The molecule has 3 aromatic carbocycles. The number of rotatable bonds is 9. The average Bonchev–Trinajstić information content (AvgIpc) is 4.15. The van der Waals surface area contributed by atoms with E-state index in [9.17, 15) is 19.2 Å². The van der Waals surface area contributed by atoms with Crippen molar-refractivity contribution in [3.8, 4) is 0 Å². The summed E-state index contributed by atoms with van der Waals surface area (Å²) in [6, 6.07) is 25.3. The normalized spacial score (nSPS) is 18.2. The van der Waals surface area contributed by atoms with Crippen molar-refractivity contribution in [2.24, 2.45) is 9.98 Å². The Hall–Kier alpha value is -7.60. The van der Waals surface area contributed by atoms with Gasteiger partial charge in [0.25, 0.3) is 0 Å². The highest BCUT2D eigenvalue weighted by atomic mass is 16.5. The molecule has 60 heavy (non-hydrogen) atoms. The summed E-state index contributed by atoms with van der Waals surface area (Å²) in [6.07, 6.45) is 14.5. The van der Waals surface area contributed by atoms with E-state index >= 15 is 0 Å². The second-order valence-corrected chi connectivity index (χ2v) is 14.3. The van der Waals surface area contributed by atoms with Gasteiger partial charge in [-0.2, -0.15) is 0 Å². The first-order valence-electron chi connectivity index (χ1n) is 19.5. The van der Waals surface area contributed by atoms with Gasteiger partial charge in [-0.15, -0.1) is 0 Å². The Bertz CT molecular complexity index is 2650. The predicted molar refractivity (Wildman–Crippen MR) is 229 cm³/mol. The van der Waals surface area contributed by atoms with E-state index in [1.165, 1.54) is 33.8 Å². The van der Waals surface area contributed by atoms with Gasteiger partial charge in [0.1, 0.15) is 5.84 Å². The van der Waals surface area contributed by atoms with Gasteiger partial charge in [-0.3, -0.25) is 4.79 Å². The molecule has 4 aliphatic heterocycles. The summed E-state index contributed by atoms with van der Waals surface area (Å²) in [6.45, 7) is 1.90. The number of nitrogens with zero attached hydrogens (tertiary/aromatic N) is 3. The molecule has 12 nitrogen and oxygen atoms in total. The predicted octanol–water partition coefficient (Wildman–Crippen LogP) is 7.46. The van der Waals surface area contributed by atoms with E-state index in [1.54, 1.807) is 54.6 Å². The Morgan fingerprint density at radius 3 is 1.43 bits per heavy atom. The Labute approximate surface area is 346 Å². The highest BCUT2D eigenvalue weighted by Crippen LogP contribution is 2.37. The molecule has 0 aliphatic carbocycles. The number of hydrogen-bond acceptors (Lipinski definition) is 10. The van der Waals surface area contributed by atoms with Crippen molar-refractivity contribution >= 4 is 52.1 Å². The fourth-order valence-corrected chi connectivity index (χ4v) is 7.63. The molecule has 1 fully saturated rings. The fraction of sp³-hybridized carbons (Fsp3) is 0.167. The third-order valence-electron chi connectivity index (χ3n) is 10.7. The van der Waals surface area contributed by atoms with Crippen molar-refractivity contribution in [1.82, 2.24) is 15.2 Å². The molecule has 5 heterocycles. The number of H-pyrrole nitrogens is 1. The number of nitrogens with one attached hydrogen (secondary N) is 2. The van der Waals surface area contributed by atoms with Gasteiger partial charge in [-0.25, -0.2) is 24.4 Å². The van der Waals surface area contributed by atoms with Gasteiger partial charge in [0.15, 0.2) is 0 Å². The maximum Gasteiger partial charge on any atom is 0.337 e. The molecule has 12 heteroatoms. The van der Waals surface area contributed by atoms with Crippen LogP contribution in [0.2, 0.25) is 0 Å². The van der Waals surface area contributed by atoms with Crippen LogP contribution in [0, 0.1) is 0 Å².